The molecule has 0 radical (unpaired) electrons. The summed E-state index contributed by atoms with van der Waals surface area (Å²) in [6.45, 7) is 13.3. The van der Waals surface area contributed by atoms with Crippen molar-refractivity contribution in [2.45, 2.75) is 46.9 Å². The molecule has 0 spiro atoms. The highest BCUT2D eigenvalue weighted by Gasteiger charge is 2.24. The quantitative estimate of drug-likeness (QED) is 0.567. The van der Waals surface area contributed by atoms with E-state index in [1.165, 1.54) is 15.9 Å². The second kappa shape index (κ2) is 9.56. The van der Waals surface area contributed by atoms with Gasteiger partial charge in [0.15, 0.2) is 0 Å². The molecule has 0 N–H and O–H groups in total. The Bertz CT molecular complexity index is 1100. The molecule has 1 aliphatic heterocycles. The fraction of sp³-hybridized carbons (Fsp3) is 0.458. The van der Waals surface area contributed by atoms with Gasteiger partial charge in [-0.2, -0.15) is 14.9 Å². The standard InChI is InChI=1S/C24H32N6O2/c1-5-29-19(4)20(15-25-29)17-27-11-13-28(14-12-27)22-16-26-30(21-9-7-6-8-10-21)24(31)23(22)32-18(2)3/h6-10,15-16,18H,5,11-14,17H2,1-4H3. The van der Waals surface area contributed by atoms with Gasteiger partial charge in [0.1, 0.15) is 5.69 Å². The van der Waals surface area contributed by atoms with E-state index in [0.717, 1.165) is 50.6 Å². The minimum atomic E-state index is -0.229. The Balaban J connectivity index is 1.53. The molecule has 1 saturated heterocycles. The van der Waals surface area contributed by atoms with Crippen molar-refractivity contribution >= 4 is 5.69 Å². The van der Waals surface area contributed by atoms with Crippen LogP contribution in [0.25, 0.3) is 5.69 Å². The highest BCUT2D eigenvalue weighted by molar-refractivity contribution is 5.57. The molecule has 3 aromatic rings. The van der Waals surface area contributed by atoms with Crippen LogP contribution in [0.15, 0.2) is 47.5 Å². The number of hydrogen-bond acceptors (Lipinski definition) is 6. The molecule has 0 saturated carbocycles. The maximum absolute atomic E-state index is 13.3. The molecule has 170 valence electrons. The fourth-order valence-corrected chi connectivity index (χ4v) is 4.10. The van der Waals surface area contributed by atoms with Crippen molar-refractivity contribution in [3.63, 3.8) is 0 Å². The van der Waals surface area contributed by atoms with Gasteiger partial charge < -0.3 is 9.64 Å². The van der Waals surface area contributed by atoms with Gasteiger partial charge >= 0.3 is 5.56 Å². The third kappa shape index (κ3) is 4.55. The van der Waals surface area contributed by atoms with Gasteiger partial charge in [0.2, 0.25) is 5.75 Å². The van der Waals surface area contributed by atoms with Crippen molar-refractivity contribution in [3.05, 3.63) is 64.3 Å². The Kier molecular flexibility index (Phi) is 6.60. The number of para-hydroxylation sites is 1. The van der Waals surface area contributed by atoms with Gasteiger partial charge in [0.25, 0.3) is 0 Å². The van der Waals surface area contributed by atoms with Gasteiger partial charge in [-0.3, -0.25) is 14.4 Å². The van der Waals surface area contributed by atoms with E-state index in [1.54, 1.807) is 6.20 Å². The predicted octanol–water partition coefficient (Wildman–Crippen LogP) is 2.87. The van der Waals surface area contributed by atoms with Crippen molar-refractivity contribution in [2.75, 3.05) is 31.1 Å². The molecule has 1 aliphatic rings. The number of nitrogens with zero attached hydrogens (tertiary/aromatic N) is 6. The van der Waals surface area contributed by atoms with E-state index >= 15 is 0 Å². The van der Waals surface area contributed by atoms with E-state index in [-0.39, 0.29) is 11.7 Å². The zero-order valence-electron chi connectivity index (χ0n) is 19.4. The van der Waals surface area contributed by atoms with Crippen LogP contribution in [-0.4, -0.2) is 56.7 Å². The molecule has 8 nitrogen and oxygen atoms in total. The summed E-state index contributed by atoms with van der Waals surface area (Å²) in [5.74, 6) is 0.368. The van der Waals surface area contributed by atoms with Gasteiger partial charge in [-0.1, -0.05) is 18.2 Å². The van der Waals surface area contributed by atoms with Crippen LogP contribution in [0.4, 0.5) is 5.69 Å². The average molecular weight is 437 g/mol. The molecule has 8 heteroatoms. The summed E-state index contributed by atoms with van der Waals surface area (Å²) in [5, 5.41) is 8.92. The van der Waals surface area contributed by atoms with Crippen molar-refractivity contribution in [1.29, 1.82) is 0 Å². The number of ether oxygens (including phenoxy) is 1. The first-order valence-electron chi connectivity index (χ1n) is 11.3. The zero-order valence-corrected chi connectivity index (χ0v) is 19.4. The van der Waals surface area contributed by atoms with Crippen molar-refractivity contribution in [1.82, 2.24) is 24.5 Å². The highest BCUT2D eigenvalue weighted by Crippen LogP contribution is 2.26. The molecule has 0 atom stereocenters. The summed E-state index contributed by atoms with van der Waals surface area (Å²) in [4.78, 5) is 17.9. The lowest BCUT2D eigenvalue weighted by Gasteiger charge is -2.36. The molecular weight excluding hydrogens is 404 g/mol. The molecule has 0 unspecified atom stereocenters. The molecule has 4 rings (SSSR count). The summed E-state index contributed by atoms with van der Waals surface area (Å²) in [7, 11) is 0. The number of aromatic nitrogens is 4. The summed E-state index contributed by atoms with van der Waals surface area (Å²) < 4.78 is 9.45. The Hall–Kier alpha value is -3.13. The van der Waals surface area contributed by atoms with Crippen LogP contribution in [-0.2, 0) is 13.1 Å². The van der Waals surface area contributed by atoms with Crippen molar-refractivity contribution in [3.8, 4) is 11.4 Å². The average Bonchev–Trinajstić information content (AvgIpc) is 3.15. The van der Waals surface area contributed by atoms with Crippen LogP contribution >= 0.6 is 0 Å². The van der Waals surface area contributed by atoms with Crippen molar-refractivity contribution < 1.29 is 4.74 Å². The molecular formula is C24H32N6O2. The van der Waals surface area contributed by atoms with Crippen LogP contribution in [0.1, 0.15) is 32.0 Å². The number of hydrogen-bond donors (Lipinski definition) is 0. The first-order valence-corrected chi connectivity index (χ1v) is 11.3. The Morgan fingerprint density at radius 1 is 1.03 bits per heavy atom. The van der Waals surface area contributed by atoms with E-state index < -0.39 is 0 Å². The monoisotopic (exact) mass is 436 g/mol. The number of anilines is 1. The summed E-state index contributed by atoms with van der Waals surface area (Å²) in [5.41, 5.74) is 3.77. The second-order valence-electron chi connectivity index (χ2n) is 8.41. The van der Waals surface area contributed by atoms with E-state index in [0.29, 0.717) is 5.75 Å². The van der Waals surface area contributed by atoms with Gasteiger partial charge in [0.05, 0.1) is 24.2 Å². The summed E-state index contributed by atoms with van der Waals surface area (Å²) in [6.07, 6.45) is 3.64. The van der Waals surface area contributed by atoms with Crippen LogP contribution in [0, 0.1) is 6.92 Å². The van der Waals surface area contributed by atoms with Gasteiger partial charge in [-0.25, -0.2) is 0 Å². The lowest BCUT2D eigenvalue weighted by molar-refractivity contribution is 0.231. The van der Waals surface area contributed by atoms with E-state index in [4.69, 9.17) is 4.74 Å². The second-order valence-corrected chi connectivity index (χ2v) is 8.41. The van der Waals surface area contributed by atoms with Crippen LogP contribution in [0.3, 0.4) is 0 Å². The molecule has 2 aromatic heterocycles. The van der Waals surface area contributed by atoms with Crippen LogP contribution < -0.4 is 15.2 Å². The van der Waals surface area contributed by atoms with Crippen LogP contribution in [0.5, 0.6) is 5.75 Å². The third-order valence-electron chi connectivity index (χ3n) is 5.88. The minimum Gasteiger partial charge on any atom is -0.483 e. The largest absolute Gasteiger partial charge is 0.483 e. The SMILES string of the molecule is CCn1ncc(CN2CCN(c3cnn(-c4ccccc4)c(=O)c3OC(C)C)CC2)c1C. The van der Waals surface area contributed by atoms with Gasteiger partial charge in [-0.05, 0) is 39.8 Å². The molecule has 0 amide bonds. The Labute approximate surface area is 189 Å². The van der Waals surface area contributed by atoms with Gasteiger partial charge in [-0.15, -0.1) is 0 Å². The maximum Gasteiger partial charge on any atom is 0.316 e. The van der Waals surface area contributed by atoms with E-state index in [1.807, 2.05) is 55.1 Å². The van der Waals surface area contributed by atoms with E-state index in [9.17, 15) is 4.79 Å². The summed E-state index contributed by atoms with van der Waals surface area (Å²) >= 11 is 0. The zero-order chi connectivity index (χ0) is 22.7. The first kappa shape index (κ1) is 22.1. The smallest absolute Gasteiger partial charge is 0.316 e. The molecule has 3 heterocycles. The predicted molar refractivity (Wildman–Crippen MR) is 126 cm³/mol. The first-order chi connectivity index (χ1) is 15.5. The number of rotatable bonds is 7. The number of piperazine rings is 1. The lowest BCUT2D eigenvalue weighted by atomic mass is 10.2. The highest BCUT2D eigenvalue weighted by atomic mass is 16.5. The summed E-state index contributed by atoms with van der Waals surface area (Å²) in [6, 6.07) is 9.45. The molecule has 1 fully saturated rings. The normalized spacial score (nSPS) is 14.8. The molecule has 1 aromatic carbocycles. The van der Waals surface area contributed by atoms with Crippen molar-refractivity contribution in [2.24, 2.45) is 0 Å². The van der Waals surface area contributed by atoms with E-state index in [2.05, 4.69) is 33.8 Å². The van der Waals surface area contributed by atoms with Crippen LogP contribution in [0.2, 0.25) is 0 Å². The molecule has 0 aliphatic carbocycles. The maximum atomic E-state index is 13.3. The third-order valence-corrected chi connectivity index (χ3v) is 5.88. The molecule has 32 heavy (non-hydrogen) atoms. The molecule has 0 bridgehead atoms. The Morgan fingerprint density at radius 3 is 2.38 bits per heavy atom. The number of benzene rings is 1. The minimum absolute atomic E-state index is 0.104. The Morgan fingerprint density at radius 2 is 1.75 bits per heavy atom. The fourth-order valence-electron chi connectivity index (χ4n) is 4.10. The topological polar surface area (TPSA) is 68.4 Å². The lowest BCUT2D eigenvalue weighted by Crippen LogP contribution is -2.46. The van der Waals surface area contributed by atoms with Gasteiger partial charge in [0, 0.05) is 50.5 Å². The number of aryl methyl sites for hydroxylation is 1.